The molecule has 1 saturated heterocycles. The summed E-state index contributed by atoms with van der Waals surface area (Å²) in [5.41, 5.74) is 0.579. The van der Waals surface area contributed by atoms with Crippen LogP contribution in [-0.4, -0.2) is 36.5 Å². The SMILES string of the molecule is COc1ccc(C(=O)N[C@@H]([C@H]2CC=CCC2)N2CCC2=O)cc1. The molecule has 1 aliphatic carbocycles. The van der Waals surface area contributed by atoms with Crippen LogP contribution in [0.15, 0.2) is 36.4 Å². The van der Waals surface area contributed by atoms with Crippen LogP contribution < -0.4 is 10.1 Å². The molecule has 1 heterocycles. The zero-order valence-corrected chi connectivity index (χ0v) is 13.3. The topological polar surface area (TPSA) is 58.6 Å². The van der Waals surface area contributed by atoms with Gasteiger partial charge in [-0.1, -0.05) is 12.2 Å². The van der Waals surface area contributed by atoms with E-state index in [9.17, 15) is 9.59 Å². The fourth-order valence-corrected chi connectivity index (χ4v) is 3.14. The average molecular weight is 314 g/mol. The van der Waals surface area contributed by atoms with Gasteiger partial charge < -0.3 is 15.0 Å². The Labute approximate surface area is 136 Å². The smallest absolute Gasteiger partial charge is 0.252 e. The van der Waals surface area contributed by atoms with E-state index in [1.807, 2.05) is 0 Å². The van der Waals surface area contributed by atoms with Crippen molar-refractivity contribution >= 4 is 11.8 Å². The Hall–Kier alpha value is -2.30. The molecular formula is C18H22N2O3. The van der Waals surface area contributed by atoms with E-state index in [2.05, 4.69) is 17.5 Å². The van der Waals surface area contributed by atoms with Crippen LogP contribution in [0.5, 0.6) is 5.75 Å². The van der Waals surface area contributed by atoms with Gasteiger partial charge in [0.25, 0.3) is 5.91 Å². The second-order valence-electron chi connectivity index (χ2n) is 6.03. The number of carbonyl (C=O) groups is 2. The van der Waals surface area contributed by atoms with Gasteiger partial charge in [0.05, 0.1) is 7.11 Å². The second kappa shape index (κ2) is 6.86. The first-order chi connectivity index (χ1) is 11.2. The number of rotatable bonds is 5. The second-order valence-corrected chi connectivity index (χ2v) is 6.03. The number of ether oxygens (including phenoxy) is 1. The number of allylic oxidation sites excluding steroid dienone is 2. The van der Waals surface area contributed by atoms with Gasteiger partial charge in [0.15, 0.2) is 0 Å². The number of carbonyl (C=O) groups excluding carboxylic acids is 2. The van der Waals surface area contributed by atoms with Crippen LogP contribution in [0.4, 0.5) is 0 Å². The van der Waals surface area contributed by atoms with Crippen molar-refractivity contribution in [2.75, 3.05) is 13.7 Å². The monoisotopic (exact) mass is 314 g/mol. The van der Waals surface area contributed by atoms with Crippen molar-refractivity contribution < 1.29 is 14.3 Å². The van der Waals surface area contributed by atoms with Crippen LogP contribution in [0.2, 0.25) is 0 Å². The number of benzene rings is 1. The van der Waals surface area contributed by atoms with Crippen molar-refractivity contribution in [1.82, 2.24) is 10.2 Å². The summed E-state index contributed by atoms with van der Waals surface area (Å²) in [4.78, 5) is 26.2. The summed E-state index contributed by atoms with van der Waals surface area (Å²) in [5, 5.41) is 3.06. The van der Waals surface area contributed by atoms with E-state index >= 15 is 0 Å². The summed E-state index contributed by atoms with van der Waals surface area (Å²) in [5.74, 6) is 0.978. The Balaban J connectivity index is 1.72. The maximum absolute atomic E-state index is 12.5. The highest BCUT2D eigenvalue weighted by molar-refractivity contribution is 5.95. The van der Waals surface area contributed by atoms with Gasteiger partial charge in [0, 0.05) is 24.4 Å². The number of hydrogen-bond acceptors (Lipinski definition) is 3. The molecule has 2 aliphatic rings. The maximum atomic E-state index is 12.5. The standard InChI is InChI=1S/C18H22N2O3/c1-23-15-9-7-14(8-10-15)18(22)19-17(20-12-11-16(20)21)13-5-3-2-4-6-13/h2-3,7-10,13,17H,4-6,11-12H2,1H3,(H,19,22)/t13-,17+/m0/s1. The molecule has 5 heteroatoms. The molecule has 0 radical (unpaired) electrons. The lowest BCUT2D eigenvalue weighted by molar-refractivity contribution is -0.145. The summed E-state index contributed by atoms with van der Waals surface area (Å²) in [6.07, 6.45) is 7.57. The van der Waals surface area contributed by atoms with Gasteiger partial charge in [0.2, 0.25) is 5.91 Å². The minimum atomic E-state index is -0.212. The van der Waals surface area contributed by atoms with E-state index in [4.69, 9.17) is 4.74 Å². The zero-order chi connectivity index (χ0) is 16.2. The molecule has 122 valence electrons. The van der Waals surface area contributed by atoms with E-state index in [-0.39, 0.29) is 23.9 Å². The molecule has 0 aromatic heterocycles. The maximum Gasteiger partial charge on any atom is 0.252 e. The van der Waals surface area contributed by atoms with Gasteiger partial charge >= 0.3 is 0 Å². The van der Waals surface area contributed by atoms with Gasteiger partial charge in [-0.15, -0.1) is 0 Å². The number of hydrogen-bond donors (Lipinski definition) is 1. The first-order valence-electron chi connectivity index (χ1n) is 8.08. The molecule has 1 N–H and O–H groups in total. The highest BCUT2D eigenvalue weighted by Gasteiger charge is 2.36. The van der Waals surface area contributed by atoms with Crippen LogP contribution >= 0.6 is 0 Å². The predicted molar refractivity (Wildman–Crippen MR) is 87.1 cm³/mol. The van der Waals surface area contributed by atoms with Gasteiger partial charge in [-0.2, -0.15) is 0 Å². The molecule has 3 rings (SSSR count). The van der Waals surface area contributed by atoms with Crippen LogP contribution in [0.3, 0.4) is 0 Å². The third-order valence-corrected chi connectivity index (χ3v) is 4.61. The number of β-lactam (4-membered cyclic amide) rings is 1. The first kappa shape index (κ1) is 15.6. The quantitative estimate of drug-likeness (QED) is 0.670. The van der Waals surface area contributed by atoms with Crippen molar-refractivity contribution in [3.8, 4) is 5.75 Å². The lowest BCUT2D eigenvalue weighted by Crippen LogP contribution is -2.60. The molecule has 1 aromatic carbocycles. The Morgan fingerprint density at radius 2 is 2.09 bits per heavy atom. The van der Waals surface area contributed by atoms with Crippen LogP contribution in [0, 0.1) is 5.92 Å². The number of nitrogens with one attached hydrogen (secondary N) is 1. The molecule has 0 bridgehead atoms. The van der Waals surface area contributed by atoms with Crippen molar-refractivity contribution in [1.29, 1.82) is 0 Å². The Morgan fingerprint density at radius 1 is 1.30 bits per heavy atom. The van der Waals surface area contributed by atoms with E-state index in [1.54, 1.807) is 36.3 Å². The number of nitrogens with zero attached hydrogens (tertiary/aromatic N) is 1. The van der Waals surface area contributed by atoms with Gasteiger partial charge in [-0.25, -0.2) is 0 Å². The number of amides is 2. The first-order valence-corrected chi connectivity index (χ1v) is 8.08. The zero-order valence-electron chi connectivity index (χ0n) is 13.3. The number of methoxy groups -OCH3 is 1. The predicted octanol–water partition coefficient (Wildman–Crippen LogP) is 2.34. The van der Waals surface area contributed by atoms with E-state index < -0.39 is 0 Å². The Kier molecular flexibility index (Phi) is 4.65. The van der Waals surface area contributed by atoms with E-state index in [1.165, 1.54) is 0 Å². The lowest BCUT2D eigenvalue weighted by atomic mass is 9.89. The van der Waals surface area contributed by atoms with Crippen LogP contribution in [0.25, 0.3) is 0 Å². The normalized spacial score (nSPS) is 21.5. The molecule has 0 unspecified atom stereocenters. The molecule has 2 amide bonds. The summed E-state index contributed by atoms with van der Waals surface area (Å²) >= 11 is 0. The average Bonchev–Trinajstić information content (AvgIpc) is 2.60. The fourth-order valence-electron chi connectivity index (χ4n) is 3.14. The van der Waals surface area contributed by atoms with E-state index in [0.717, 1.165) is 25.8 Å². The largest absolute Gasteiger partial charge is 0.497 e. The molecule has 2 atom stereocenters. The van der Waals surface area contributed by atoms with Gasteiger partial charge in [0.1, 0.15) is 11.9 Å². The molecular weight excluding hydrogens is 292 g/mol. The van der Waals surface area contributed by atoms with Crippen molar-refractivity contribution in [2.45, 2.75) is 31.8 Å². The minimum absolute atomic E-state index is 0.125. The van der Waals surface area contributed by atoms with E-state index in [0.29, 0.717) is 17.7 Å². The molecule has 1 aliphatic heterocycles. The molecule has 5 nitrogen and oxygen atoms in total. The van der Waals surface area contributed by atoms with Crippen LogP contribution in [0.1, 0.15) is 36.0 Å². The lowest BCUT2D eigenvalue weighted by Gasteiger charge is -2.42. The molecule has 1 aromatic rings. The van der Waals surface area contributed by atoms with Crippen LogP contribution in [-0.2, 0) is 4.79 Å². The van der Waals surface area contributed by atoms with Crippen molar-refractivity contribution in [3.63, 3.8) is 0 Å². The Bertz CT molecular complexity index is 609. The molecule has 0 saturated carbocycles. The minimum Gasteiger partial charge on any atom is -0.497 e. The summed E-state index contributed by atoms with van der Waals surface area (Å²) in [6, 6.07) is 7.01. The highest BCUT2D eigenvalue weighted by atomic mass is 16.5. The third kappa shape index (κ3) is 3.38. The third-order valence-electron chi connectivity index (χ3n) is 4.61. The highest BCUT2D eigenvalue weighted by Crippen LogP contribution is 2.27. The molecule has 1 fully saturated rings. The van der Waals surface area contributed by atoms with Gasteiger partial charge in [-0.3, -0.25) is 9.59 Å². The number of likely N-dealkylation sites (tertiary alicyclic amines) is 1. The van der Waals surface area contributed by atoms with Crippen molar-refractivity contribution in [2.24, 2.45) is 5.92 Å². The summed E-state index contributed by atoms with van der Waals surface area (Å²) in [7, 11) is 1.59. The summed E-state index contributed by atoms with van der Waals surface area (Å²) in [6.45, 7) is 0.729. The van der Waals surface area contributed by atoms with Crippen molar-refractivity contribution in [3.05, 3.63) is 42.0 Å². The summed E-state index contributed by atoms with van der Waals surface area (Å²) < 4.78 is 5.11. The fraction of sp³-hybridized carbons (Fsp3) is 0.444. The Morgan fingerprint density at radius 3 is 2.61 bits per heavy atom. The van der Waals surface area contributed by atoms with Gasteiger partial charge in [-0.05, 0) is 43.5 Å². The molecule has 0 spiro atoms. The molecule has 23 heavy (non-hydrogen) atoms.